The van der Waals surface area contributed by atoms with Crippen LogP contribution in [0, 0.1) is 0 Å². The standard InChI is InChI=1S/C16H22N4O/c1-17-10-11-19(2)16(21)9-8-14-12-18-20(13-14)15-6-4-3-5-7-15/h3-7,12-13,17H,8-11H2,1-2H3. The van der Waals surface area contributed by atoms with Crippen molar-refractivity contribution in [3.05, 3.63) is 48.3 Å². The molecule has 1 amide bonds. The van der Waals surface area contributed by atoms with E-state index in [9.17, 15) is 4.79 Å². The largest absolute Gasteiger partial charge is 0.344 e. The van der Waals surface area contributed by atoms with Crippen LogP contribution in [0.3, 0.4) is 0 Å². The number of carbonyl (C=O) groups is 1. The van der Waals surface area contributed by atoms with E-state index in [4.69, 9.17) is 0 Å². The van der Waals surface area contributed by atoms with Crippen LogP contribution in [0.15, 0.2) is 42.7 Å². The quantitative estimate of drug-likeness (QED) is 0.839. The number of rotatable bonds is 7. The fourth-order valence-electron chi connectivity index (χ4n) is 2.06. The van der Waals surface area contributed by atoms with Gasteiger partial charge in [0.2, 0.25) is 5.91 Å². The molecular formula is C16H22N4O. The van der Waals surface area contributed by atoms with Gasteiger partial charge in [0.05, 0.1) is 11.9 Å². The van der Waals surface area contributed by atoms with Crippen molar-refractivity contribution in [3.63, 3.8) is 0 Å². The first kappa shape index (κ1) is 15.3. The summed E-state index contributed by atoms with van der Waals surface area (Å²) in [4.78, 5) is 13.7. The zero-order valence-corrected chi connectivity index (χ0v) is 12.6. The summed E-state index contributed by atoms with van der Waals surface area (Å²) >= 11 is 0. The second-order valence-electron chi connectivity index (χ2n) is 5.05. The molecule has 0 aliphatic rings. The maximum atomic E-state index is 12.0. The monoisotopic (exact) mass is 286 g/mol. The lowest BCUT2D eigenvalue weighted by Gasteiger charge is -2.16. The smallest absolute Gasteiger partial charge is 0.222 e. The van der Waals surface area contributed by atoms with E-state index in [1.165, 1.54) is 0 Å². The van der Waals surface area contributed by atoms with Gasteiger partial charge >= 0.3 is 0 Å². The van der Waals surface area contributed by atoms with Crippen molar-refractivity contribution >= 4 is 5.91 Å². The zero-order valence-electron chi connectivity index (χ0n) is 12.6. The highest BCUT2D eigenvalue weighted by molar-refractivity contribution is 5.76. The lowest BCUT2D eigenvalue weighted by molar-refractivity contribution is -0.129. The summed E-state index contributed by atoms with van der Waals surface area (Å²) in [6.07, 6.45) is 5.04. The SMILES string of the molecule is CNCCN(C)C(=O)CCc1cnn(-c2ccccc2)c1. The summed E-state index contributed by atoms with van der Waals surface area (Å²) in [5.74, 6) is 0.165. The van der Waals surface area contributed by atoms with E-state index < -0.39 is 0 Å². The predicted molar refractivity (Wildman–Crippen MR) is 83.4 cm³/mol. The van der Waals surface area contributed by atoms with Crippen molar-refractivity contribution in [3.8, 4) is 5.69 Å². The Balaban J connectivity index is 1.87. The molecule has 5 heteroatoms. The summed E-state index contributed by atoms with van der Waals surface area (Å²) in [5.41, 5.74) is 2.11. The molecule has 2 aromatic rings. The van der Waals surface area contributed by atoms with Gasteiger partial charge in [0.15, 0.2) is 0 Å². The minimum absolute atomic E-state index is 0.165. The number of aromatic nitrogens is 2. The molecule has 0 saturated carbocycles. The number of likely N-dealkylation sites (N-methyl/N-ethyl adjacent to an activating group) is 2. The van der Waals surface area contributed by atoms with Crippen molar-refractivity contribution in [2.45, 2.75) is 12.8 Å². The molecule has 0 fully saturated rings. The third-order valence-corrected chi connectivity index (χ3v) is 3.41. The van der Waals surface area contributed by atoms with Gasteiger partial charge in [-0.1, -0.05) is 18.2 Å². The molecule has 0 aliphatic carbocycles. The molecule has 0 atom stereocenters. The number of nitrogens with zero attached hydrogens (tertiary/aromatic N) is 3. The lowest BCUT2D eigenvalue weighted by atomic mass is 10.2. The van der Waals surface area contributed by atoms with Crippen molar-refractivity contribution in [1.82, 2.24) is 20.0 Å². The fourth-order valence-corrected chi connectivity index (χ4v) is 2.06. The van der Waals surface area contributed by atoms with E-state index in [1.807, 2.05) is 61.5 Å². The van der Waals surface area contributed by atoms with Crippen molar-refractivity contribution < 1.29 is 4.79 Å². The van der Waals surface area contributed by atoms with Crippen LogP contribution < -0.4 is 5.32 Å². The van der Waals surface area contributed by atoms with Gasteiger partial charge in [-0.3, -0.25) is 4.79 Å². The fraction of sp³-hybridized carbons (Fsp3) is 0.375. The van der Waals surface area contributed by atoms with Crippen LogP contribution >= 0.6 is 0 Å². The molecule has 0 radical (unpaired) electrons. The zero-order chi connectivity index (χ0) is 15.1. The van der Waals surface area contributed by atoms with Crippen LogP contribution in [0.1, 0.15) is 12.0 Å². The van der Waals surface area contributed by atoms with Gasteiger partial charge in [-0.25, -0.2) is 4.68 Å². The second-order valence-corrected chi connectivity index (χ2v) is 5.05. The van der Waals surface area contributed by atoms with E-state index >= 15 is 0 Å². The average molecular weight is 286 g/mol. The molecule has 2 rings (SSSR count). The molecule has 0 spiro atoms. The molecule has 0 saturated heterocycles. The van der Waals surface area contributed by atoms with Crippen LogP contribution in [0.25, 0.3) is 5.69 Å². The first-order chi connectivity index (χ1) is 10.2. The Bertz CT molecular complexity index is 565. The number of aryl methyl sites for hydroxylation is 1. The van der Waals surface area contributed by atoms with E-state index in [-0.39, 0.29) is 5.91 Å². The Morgan fingerprint density at radius 2 is 2.10 bits per heavy atom. The minimum Gasteiger partial charge on any atom is -0.344 e. The number of hydrogen-bond donors (Lipinski definition) is 1. The molecule has 1 N–H and O–H groups in total. The molecule has 0 bridgehead atoms. The molecule has 5 nitrogen and oxygen atoms in total. The number of hydrogen-bond acceptors (Lipinski definition) is 3. The first-order valence-electron chi connectivity index (χ1n) is 7.18. The molecule has 1 aromatic carbocycles. The van der Waals surface area contributed by atoms with Crippen LogP contribution in [0.2, 0.25) is 0 Å². The molecule has 21 heavy (non-hydrogen) atoms. The molecule has 1 heterocycles. The maximum absolute atomic E-state index is 12.0. The summed E-state index contributed by atoms with van der Waals surface area (Å²) in [6, 6.07) is 9.96. The van der Waals surface area contributed by atoms with Gasteiger partial charge in [-0.05, 0) is 31.2 Å². The van der Waals surface area contributed by atoms with Gasteiger partial charge in [-0.15, -0.1) is 0 Å². The number of para-hydroxylation sites is 1. The van der Waals surface area contributed by atoms with Crippen molar-refractivity contribution in [2.75, 3.05) is 27.2 Å². The van der Waals surface area contributed by atoms with E-state index in [0.29, 0.717) is 6.42 Å². The van der Waals surface area contributed by atoms with Gasteiger partial charge in [0.25, 0.3) is 0 Å². The Kier molecular flexibility index (Phi) is 5.51. The lowest BCUT2D eigenvalue weighted by Crippen LogP contribution is -2.32. The van der Waals surface area contributed by atoms with Crippen LogP contribution in [-0.4, -0.2) is 47.8 Å². The average Bonchev–Trinajstić information content (AvgIpc) is 3.00. The molecule has 1 aromatic heterocycles. The molecule has 112 valence electrons. The molecular weight excluding hydrogens is 264 g/mol. The number of amides is 1. The number of nitrogens with one attached hydrogen (secondary N) is 1. The van der Waals surface area contributed by atoms with Gasteiger partial charge < -0.3 is 10.2 Å². The minimum atomic E-state index is 0.165. The topological polar surface area (TPSA) is 50.2 Å². The third kappa shape index (κ3) is 4.43. The van der Waals surface area contributed by atoms with Crippen LogP contribution in [-0.2, 0) is 11.2 Å². The van der Waals surface area contributed by atoms with Crippen molar-refractivity contribution in [2.24, 2.45) is 0 Å². The normalized spacial score (nSPS) is 10.6. The summed E-state index contributed by atoms with van der Waals surface area (Å²) in [7, 11) is 3.73. The van der Waals surface area contributed by atoms with E-state index in [2.05, 4.69) is 10.4 Å². The highest BCUT2D eigenvalue weighted by atomic mass is 16.2. The predicted octanol–water partition coefficient (Wildman–Crippen LogP) is 1.48. The Morgan fingerprint density at radius 1 is 1.33 bits per heavy atom. The highest BCUT2D eigenvalue weighted by Gasteiger charge is 2.09. The maximum Gasteiger partial charge on any atom is 0.222 e. The molecule has 0 aliphatic heterocycles. The summed E-state index contributed by atoms with van der Waals surface area (Å²) in [5, 5.41) is 7.38. The first-order valence-corrected chi connectivity index (χ1v) is 7.18. The van der Waals surface area contributed by atoms with Gasteiger partial charge in [0, 0.05) is 32.8 Å². The Labute approximate surface area is 125 Å². The van der Waals surface area contributed by atoms with E-state index in [1.54, 1.807) is 4.90 Å². The summed E-state index contributed by atoms with van der Waals surface area (Å²) in [6.45, 7) is 1.55. The van der Waals surface area contributed by atoms with Gasteiger partial charge in [-0.2, -0.15) is 5.10 Å². The third-order valence-electron chi connectivity index (χ3n) is 3.41. The van der Waals surface area contributed by atoms with Crippen LogP contribution in [0.4, 0.5) is 0 Å². The van der Waals surface area contributed by atoms with E-state index in [0.717, 1.165) is 30.8 Å². The Hall–Kier alpha value is -2.14. The van der Waals surface area contributed by atoms with Crippen molar-refractivity contribution in [1.29, 1.82) is 0 Å². The second kappa shape index (κ2) is 7.59. The number of benzene rings is 1. The molecule has 0 unspecified atom stereocenters. The van der Waals surface area contributed by atoms with Crippen LogP contribution in [0.5, 0.6) is 0 Å². The van der Waals surface area contributed by atoms with Gasteiger partial charge in [0.1, 0.15) is 0 Å². The number of carbonyl (C=O) groups excluding carboxylic acids is 1. The summed E-state index contributed by atoms with van der Waals surface area (Å²) < 4.78 is 1.84. The highest BCUT2D eigenvalue weighted by Crippen LogP contribution is 2.09. The Morgan fingerprint density at radius 3 is 2.81 bits per heavy atom.